The maximum atomic E-state index is 13.8. The van der Waals surface area contributed by atoms with Crippen LogP contribution < -0.4 is 0 Å². The van der Waals surface area contributed by atoms with E-state index >= 15 is 0 Å². The van der Waals surface area contributed by atoms with E-state index in [1.165, 1.54) is 23.9 Å². The highest BCUT2D eigenvalue weighted by molar-refractivity contribution is 9.10. The molecule has 0 saturated carbocycles. The summed E-state index contributed by atoms with van der Waals surface area (Å²) in [5, 5.41) is 8.13. The van der Waals surface area contributed by atoms with Crippen LogP contribution >= 0.6 is 35.3 Å². The predicted molar refractivity (Wildman–Crippen MR) is 97.2 cm³/mol. The molecule has 2 N–H and O–H groups in total. The molecule has 2 aromatic heterocycles. The second kappa shape index (κ2) is 7.76. The van der Waals surface area contributed by atoms with E-state index in [0.29, 0.717) is 22.4 Å². The summed E-state index contributed by atoms with van der Waals surface area (Å²) in [6, 6.07) is 7.15. The third-order valence-corrected chi connectivity index (χ3v) is 5.94. The molecule has 0 aliphatic heterocycles. The van der Waals surface area contributed by atoms with Crippen molar-refractivity contribution in [3.8, 4) is 11.5 Å². The zero-order valence-corrected chi connectivity index (χ0v) is 16.6. The van der Waals surface area contributed by atoms with E-state index in [9.17, 15) is 13.3 Å². The fourth-order valence-electron chi connectivity index (χ4n) is 2.07. The number of aromatic nitrogens is 3. The molecule has 0 atom stereocenters. The fourth-order valence-corrected chi connectivity index (χ4v) is 4.12. The molecule has 1 aromatic carbocycles. The van der Waals surface area contributed by atoms with E-state index in [-0.39, 0.29) is 4.47 Å². The molecule has 0 aliphatic carbocycles. The first-order valence-corrected chi connectivity index (χ1v) is 10.7. The Bertz CT molecular complexity index is 1000. The summed E-state index contributed by atoms with van der Waals surface area (Å²) in [5.74, 6) is 0.663. The van der Waals surface area contributed by atoms with E-state index in [4.69, 9.17) is 14.2 Å². The molecule has 0 spiro atoms. The van der Waals surface area contributed by atoms with Gasteiger partial charge in [-0.05, 0) is 23.8 Å². The number of hydrogen-bond donors (Lipinski definition) is 2. The minimum Gasteiger partial charge on any atom is -0.411 e. The molecule has 0 aliphatic rings. The molecule has 3 rings (SSSR count). The van der Waals surface area contributed by atoms with Crippen LogP contribution in [0.4, 0.5) is 8.78 Å². The van der Waals surface area contributed by atoms with Gasteiger partial charge < -0.3 is 14.2 Å². The number of alkyl halides is 2. The zero-order chi connectivity index (χ0) is 19.7. The lowest BCUT2D eigenvalue weighted by atomic mass is 10.1. The molecule has 3 aromatic rings. The summed E-state index contributed by atoms with van der Waals surface area (Å²) in [6.45, 7) is 0. The van der Waals surface area contributed by atoms with Crippen LogP contribution in [-0.2, 0) is 16.0 Å². The molecular formula is C15H11BrF2N3O4PS. The Hall–Kier alpha value is -1.65. The van der Waals surface area contributed by atoms with E-state index in [2.05, 4.69) is 31.1 Å². The standard InChI is InChI=1S/C15H11BrF2N3O4PS/c16-12-7-9(1-2-11(12)15(17,18)26(22,23)24)8-27-14-21-20-13(25-14)10-3-5-19-6-4-10/h1-7H,8H2,(H2,22,23,24). The monoisotopic (exact) mass is 477 g/mol. The Morgan fingerprint density at radius 1 is 1.19 bits per heavy atom. The number of pyridine rings is 1. The van der Waals surface area contributed by atoms with Crippen molar-refractivity contribution in [2.75, 3.05) is 0 Å². The van der Waals surface area contributed by atoms with Crippen LogP contribution in [-0.4, -0.2) is 25.0 Å². The molecule has 12 heteroatoms. The average molecular weight is 478 g/mol. The Morgan fingerprint density at radius 3 is 2.52 bits per heavy atom. The number of nitrogens with zero attached hydrogens (tertiary/aromatic N) is 3. The number of rotatable bonds is 6. The molecule has 7 nitrogen and oxygen atoms in total. The highest BCUT2D eigenvalue weighted by Gasteiger charge is 2.51. The Morgan fingerprint density at radius 2 is 1.89 bits per heavy atom. The van der Waals surface area contributed by atoms with Crippen LogP contribution in [0.3, 0.4) is 0 Å². The maximum absolute atomic E-state index is 13.8. The molecule has 2 heterocycles. The third kappa shape index (κ3) is 4.44. The number of thioether (sulfide) groups is 1. The fraction of sp³-hybridized carbons (Fsp3) is 0.133. The SMILES string of the molecule is O=P(O)(O)C(F)(F)c1ccc(CSc2nnc(-c3ccncc3)o2)cc1Br. The van der Waals surface area contributed by atoms with Crippen LogP contribution in [0.15, 0.2) is 56.8 Å². The van der Waals surface area contributed by atoms with Gasteiger partial charge in [-0.2, -0.15) is 8.78 Å². The smallest absolute Gasteiger partial charge is 0.399 e. The van der Waals surface area contributed by atoms with Gasteiger partial charge in [-0.15, -0.1) is 10.2 Å². The van der Waals surface area contributed by atoms with Gasteiger partial charge in [0.2, 0.25) is 5.89 Å². The first kappa shape index (κ1) is 20.1. The summed E-state index contributed by atoms with van der Waals surface area (Å²) in [4.78, 5) is 21.6. The van der Waals surface area contributed by atoms with Crippen LogP contribution in [0.2, 0.25) is 0 Å². The third-order valence-electron chi connectivity index (χ3n) is 3.42. The minimum absolute atomic E-state index is 0.100. The number of hydrogen-bond acceptors (Lipinski definition) is 6. The van der Waals surface area contributed by atoms with E-state index < -0.39 is 18.8 Å². The maximum Gasteiger partial charge on any atom is 0.399 e. The van der Waals surface area contributed by atoms with Gasteiger partial charge >= 0.3 is 13.3 Å². The summed E-state index contributed by atoms with van der Waals surface area (Å²) in [5.41, 5.74) is -3.71. The van der Waals surface area contributed by atoms with Crippen molar-refractivity contribution in [2.24, 2.45) is 0 Å². The van der Waals surface area contributed by atoms with E-state index in [1.54, 1.807) is 24.5 Å². The molecule has 142 valence electrons. The van der Waals surface area contributed by atoms with E-state index in [0.717, 1.165) is 11.6 Å². The molecule has 27 heavy (non-hydrogen) atoms. The van der Waals surface area contributed by atoms with Gasteiger partial charge in [0.1, 0.15) is 0 Å². The lowest BCUT2D eigenvalue weighted by Crippen LogP contribution is -2.14. The van der Waals surface area contributed by atoms with Crippen molar-refractivity contribution in [1.29, 1.82) is 0 Å². The van der Waals surface area contributed by atoms with Crippen molar-refractivity contribution in [3.05, 3.63) is 58.3 Å². The van der Waals surface area contributed by atoms with Gasteiger partial charge in [0.25, 0.3) is 5.22 Å². The summed E-state index contributed by atoms with van der Waals surface area (Å²) >= 11 is 4.15. The van der Waals surface area contributed by atoms with Gasteiger partial charge in [-0.25, -0.2) is 0 Å². The van der Waals surface area contributed by atoms with Crippen LogP contribution in [0.1, 0.15) is 11.1 Å². The Labute approximate surface area is 164 Å². The predicted octanol–water partition coefficient (Wildman–Crippen LogP) is 4.41. The summed E-state index contributed by atoms with van der Waals surface area (Å²) < 4.78 is 44.1. The van der Waals surface area contributed by atoms with Crippen LogP contribution in [0.25, 0.3) is 11.5 Å². The molecule has 0 saturated heterocycles. The van der Waals surface area contributed by atoms with Gasteiger partial charge in [0.05, 0.1) is 0 Å². The second-order valence-electron chi connectivity index (χ2n) is 5.30. The van der Waals surface area contributed by atoms with Crippen LogP contribution in [0, 0.1) is 0 Å². The highest BCUT2D eigenvalue weighted by atomic mass is 79.9. The Kier molecular flexibility index (Phi) is 5.78. The second-order valence-corrected chi connectivity index (χ2v) is 8.73. The van der Waals surface area contributed by atoms with Crippen molar-refractivity contribution >= 4 is 35.3 Å². The largest absolute Gasteiger partial charge is 0.411 e. The lowest BCUT2D eigenvalue weighted by Gasteiger charge is -2.19. The van der Waals surface area contributed by atoms with Crippen molar-refractivity contribution in [1.82, 2.24) is 15.2 Å². The molecule has 0 amide bonds. The lowest BCUT2D eigenvalue weighted by molar-refractivity contribution is 0.0557. The highest BCUT2D eigenvalue weighted by Crippen LogP contribution is 2.60. The van der Waals surface area contributed by atoms with Crippen molar-refractivity contribution in [2.45, 2.75) is 16.6 Å². The quantitative estimate of drug-likeness (QED) is 0.396. The minimum atomic E-state index is -5.63. The van der Waals surface area contributed by atoms with Gasteiger partial charge in [-0.1, -0.05) is 39.8 Å². The van der Waals surface area contributed by atoms with Gasteiger partial charge in [0.15, 0.2) is 0 Å². The van der Waals surface area contributed by atoms with E-state index in [1.807, 2.05) is 0 Å². The molecule has 0 fully saturated rings. The zero-order valence-electron chi connectivity index (χ0n) is 13.3. The van der Waals surface area contributed by atoms with Crippen molar-refractivity contribution in [3.63, 3.8) is 0 Å². The van der Waals surface area contributed by atoms with Crippen LogP contribution in [0.5, 0.6) is 0 Å². The molecule has 0 bridgehead atoms. The number of benzene rings is 1. The molecular weight excluding hydrogens is 467 g/mol. The summed E-state index contributed by atoms with van der Waals surface area (Å²) in [6.07, 6.45) is 3.19. The van der Waals surface area contributed by atoms with Gasteiger partial charge in [0, 0.05) is 33.7 Å². The van der Waals surface area contributed by atoms with Crippen molar-refractivity contribution < 1.29 is 27.5 Å². The summed E-state index contributed by atoms with van der Waals surface area (Å²) in [7, 11) is -5.63. The topological polar surface area (TPSA) is 109 Å². The number of halogens is 3. The average Bonchev–Trinajstić information content (AvgIpc) is 3.08. The first-order valence-electron chi connectivity index (χ1n) is 7.27. The normalized spacial score (nSPS) is 12.3. The molecule has 0 unspecified atom stereocenters. The first-order chi connectivity index (χ1) is 12.7. The Balaban J connectivity index is 1.72. The van der Waals surface area contributed by atoms with Gasteiger partial charge in [-0.3, -0.25) is 9.55 Å². The molecule has 0 radical (unpaired) electrons.